The van der Waals surface area contributed by atoms with Crippen LogP contribution < -0.4 is 0 Å². The van der Waals surface area contributed by atoms with Crippen molar-refractivity contribution in [2.45, 2.75) is 24.9 Å². The Morgan fingerprint density at radius 2 is 1.87 bits per heavy atom. The third kappa shape index (κ3) is 3.51. The van der Waals surface area contributed by atoms with Gasteiger partial charge in [-0.2, -0.15) is 0 Å². The number of hydrogen-bond acceptors (Lipinski definition) is 3. The standard InChI is InChI=1S/C18H17FO4/c19-17-6-5-14(20)9-16(17)12-3-1-11(2-4-12)13-7-15(8-13)23-10-18(21)22/h1-6,9,13,15,20H,7-8,10H2,(H,21,22). The van der Waals surface area contributed by atoms with Gasteiger partial charge in [-0.25, -0.2) is 9.18 Å². The van der Waals surface area contributed by atoms with E-state index in [2.05, 4.69) is 0 Å². The van der Waals surface area contributed by atoms with Crippen LogP contribution in [0.3, 0.4) is 0 Å². The summed E-state index contributed by atoms with van der Waals surface area (Å²) in [4.78, 5) is 10.4. The largest absolute Gasteiger partial charge is 0.508 e. The van der Waals surface area contributed by atoms with Crippen molar-refractivity contribution in [3.05, 3.63) is 53.8 Å². The first kappa shape index (κ1) is 15.5. The highest BCUT2D eigenvalue weighted by atomic mass is 19.1. The lowest BCUT2D eigenvalue weighted by Gasteiger charge is -2.35. The van der Waals surface area contributed by atoms with Crippen molar-refractivity contribution in [3.8, 4) is 16.9 Å². The first-order valence-electron chi connectivity index (χ1n) is 7.45. The van der Waals surface area contributed by atoms with Gasteiger partial charge in [0.05, 0.1) is 6.10 Å². The molecule has 0 amide bonds. The molecule has 2 aromatic carbocycles. The molecule has 0 spiro atoms. The number of phenols is 1. The van der Waals surface area contributed by atoms with Crippen molar-refractivity contribution in [3.63, 3.8) is 0 Å². The molecule has 1 aliphatic carbocycles. The van der Waals surface area contributed by atoms with E-state index in [-0.39, 0.29) is 24.3 Å². The molecule has 1 fully saturated rings. The average molecular weight is 316 g/mol. The van der Waals surface area contributed by atoms with Crippen LogP contribution in [0.15, 0.2) is 42.5 Å². The summed E-state index contributed by atoms with van der Waals surface area (Å²) in [7, 11) is 0. The summed E-state index contributed by atoms with van der Waals surface area (Å²) >= 11 is 0. The molecule has 0 aromatic heterocycles. The van der Waals surface area contributed by atoms with E-state index in [0.717, 1.165) is 18.4 Å². The van der Waals surface area contributed by atoms with Crippen LogP contribution in [0.4, 0.5) is 4.39 Å². The predicted octanol–water partition coefficient (Wildman–Crippen LogP) is 3.55. The number of carboxylic acids is 1. The molecule has 1 saturated carbocycles. The normalized spacial score (nSPS) is 20.0. The van der Waals surface area contributed by atoms with E-state index in [1.807, 2.05) is 24.3 Å². The van der Waals surface area contributed by atoms with Crippen molar-refractivity contribution in [1.29, 1.82) is 0 Å². The second-order valence-corrected chi connectivity index (χ2v) is 5.78. The van der Waals surface area contributed by atoms with Crippen LogP contribution in [0.25, 0.3) is 11.1 Å². The zero-order valence-electron chi connectivity index (χ0n) is 12.4. The van der Waals surface area contributed by atoms with Crippen LogP contribution in [0, 0.1) is 5.82 Å². The van der Waals surface area contributed by atoms with Gasteiger partial charge in [-0.15, -0.1) is 0 Å². The van der Waals surface area contributed by atoms with Crippen molar-refractivity contribution < 1.29 is 24.1 Å². The highest BCUT2D eigenvalue weighted by molar-refractivity contribution is 5.68. The molecule has 0 heterocycles. The van der Waals surface area contributed by atoms with Crippen LogP contribution in [0.2, 0.25) is 0 Å². The molecule has 2 N–H and O–H groups in total. The Bertz CT molecular complexity index is 705. The molecule has 4 nitrogen and oxygen atoms in total. The number of rotatable bonds is 5. The van der Waals surface area contributed by atoms with Crippen LogP contribution in [0.1, 0.15) is 24.3 Å². The van der Waals surface area contributed by atoms with E-state index in [1.165, 1.54) is 18.2 Å². The van der Waals surface area contributed by atoms with Crippen molar-refractivity contribution in [2.75, 3.05) is 6.61 Å². The van der Waals surface area contributed by atoms with E-state index in [0.29, 0.717) is 17.0 Å². The number of halogens is 1. The van der Waals surface area contributed by atoms with Crippen molar-refractivity contribution in [2.24, 2.45) is 0 Å². The number of carboxylic acid groups (broad SMARTS) is 1. The highest BCUT2D eigenvalue weighted by Crippen LogP contribution is 2.39. The van der Waals surface area contributed by atoms with Gasteiger partial charge in [0.2, 0.25) is 0 Å². The lowest BCUT2D eigenvalue weighted by Crippen LogP contribution is -2.31. The van der Waals surface area contributed by atoms with E-state index >= 15 is 0 Å². The second kappa shape index (κ2) is 6.38. The molecule has 2 aromatic rings. The Balaban J connectivity index is 1.65. The van der Waals surface area contributed by atoms with Gasteiger partial charge >= 0.3 is 5.97 Å². The summed E-state index contributed by atoms with van der Waals surface area (Å²) in [5.41, 5.74) is 2.21. The number of benzene rings is 2. The van der Waals surface area contributed by atoms with Crippen molar-refractivity contribution >= 4 is 5.97 Å². The number of phenolic OH excluding ortho intramolecular Hbond substituents is 1. The van der Waals surface area contributed by atoms with Crippen LogP contribution in [-0.2, 0) is 9.53 Å². The third-order valence-corrected chi connectivity index (χ3v) is 4.18. The zero-order chi connectivity index (χ0) is 16.4. The SMILES string of the molecule is O=C(O)COC1CC(c2ccc(-c3cc(O)ccc3F)cc2)C1. The van der Waals surface area contributed by atoms with E-state index < -0.39 is 5.97 Å². The van der Waals surface area contributed by atoms with E-state index in [9.17, 15) is 14.3 Å². The van der Waals surface area contributed by atoms with Gasteiger partial charge in [0.1, 0.15) is 18.2 Å². The van der Waals surface area contributed by atoms with Gasteiger partial charge in [0.25, 0.3) is 0 Å². The molecule has 0 bridgehead atoms. The molecule has 5 heteroatoms. The Morgan fingerprint density at radius 1 is 1.17 bits per heavy atom. The first-order valence-corrected chi connectivity index (χ1v) is 7.45. The zero-order valence-corrected chi connectivity index (χ0v) is 12.4. The first-order chi connectivity index (χ1) is 11.0. The Kier molecular flexibility index (Phi) is 4.30. The Morgan fingerprint density at radius 3 is 2.52 bits per heavy atom. The number of aliphatic carboxylic acids is 1. The summed E-state index contributed by atoms with van der Waals surface area (Å²) in [6, 6.07) is 11.5. The van der Waals surface area contributed by atoms with Gasteiger partial charge in [-0.05, 0) is 48.1 Å². The molecule has 1 aliphatic rings. The molecule has 120 valence electrons. The lowest BCUT2D eigenvalue weighted by atomic mass is 9.77. The summed E-state index contributed by atoms with van der Waals surface area (Å²) in [5.74, 6) is -0.952. The van der Waals surface area contributed by atoms with Crippen LogP contribution in [-0.4, -0.2) is 28.9 Å². The van der Waals surface area contributed by atoms with E-state index in [4.69, 9.17) is 9.84 Å². The van der Waals surface area contributed by atoms with Gasteiger partial charge in [-0.3, -0.25) is 0 Å². The number of aromatic hydroxyl groups is 1. The maximum atomic E-state index is 13.8. The highest BCUT2D eigenvalue weighted by Gasteiger charge is 2.31. The predicted molar refractivity (Wildman–Crippen MR) is 82.9 cm³/mol. The quantitative estimate of drug-likeness (QED) is 0.885. The minimum atomic E-state index is -0.953. The van der Waals surface area contributed by atoms with Crippen molar-refractivity contribution in [1.82, 2.24) is 0 Å². The third-order valence-electron chi connectivity index (χ3n) is 4.18. The van der Waals surface area contributed by atoms with Gasteiger partial charge < -0.3 is 14.9 Å². The summed E-state index contributed by atoms with van der Waals surface area (Å²) < 4.78 is 19.1. The number of carbonyl (C=O) groups is 1. The monoisotopic (exact) mass is 316 g/mol. The maximum Gasteiger partial charge on any atom is 0.329 e. The topological polar surface area (TPSA) is 66.8 Å². The second-order valence-electron chi connectivity index (χ2n) is 5.78. The number of hydrogen-bond donors (Lipinski definition) is 2. The number of ether oxygens (including phenoxy) is 1. The molecule has 3 rings (SSSR count). The molecule has 0 unspecified atom stereocenters. The fourth-order valence-electron chi connectivity index (χ4n) is 2.83. The van der Waals surface area contributed by atoms with Gasteiger partial charge in [-0.1, -0.05) is 24.3 Å². The molecule has 0 atom stereocenters. The Hall–Kier alpha value is -2.40. The lowest BCUT2D eigenvalue weighted by molar-refractivity contribution is -0.146. The fourth-order valence-corrected chi connectivity index (χ4v) is 2.83. The summed E-state index contributed by atoms with van der Waals surface area (Å²) in [6.45, 7) is -0.257. The van der Waals surface area contributed by atoms with Crippen LogP contribution in [0.5, 0.6) is 5.75 Å². The maximum absolute atomic E-state index is 13.8. The molecular formula is C18H17FO4. The average Bonchev–Trinajstić information content (AvgIpc) is 2.48. The molecule has 23 heavy (non-hydrogen) atoms. The minimum Gasteiger partial charge on any atom is -0.508 e. The van der Waals surface area contributed by atoms with Gasteiger partial charge in [0, 0.05) is 5.56 Å². The molecule has 0 radical (unpaired) electrons. The fraction of sp³-hybridized carbons (Fsp3) is 0.278. The summed E-state index contributed by atoms with van der Waals surface area (Å²) in [5, 5.41) is 18.1. The molecular weight excluding hydrogens is 299 g/mol. The van der Waals surface area contributed by atoms with E-state index in [1.54, 1.807) is 0 Å². The summed E-state index contributed by atoms with van der Waals surface area (Å²) in [6.07, 6.45) is 1.60. The van der Waals surface area contributed by atoms with Crippen LogP contribution >= 0.6 is 0 Å². The molecule has 0 saturated heterocycles. The van der Waals surface area contributed by atoms with Gasteiger partial charge in [0.15, 0.2) is 0 Å². The molecule has 0 aliphatic heterocycles. The minimum absolute atomic E-state index is 0.000656. The smallest absolute Gasteiger partial charge is 0.329 e. The Labute approximate surface area is 133 Å².